The number of Topliss-reactive ketones (excluding diaryl/α,β-unsaturated/α-hetero) is 1. The number of nitrogens with zero attached hydrogens (tertiary/aromatic N) is 1. The standard InChI is InChI=1S/C12H15NOS/c1-8-5-9(2)13-12(6-8)15-11-4-3-10(14)7-11/h5-6,11H,3-4,7H2,1-2H3. The molecule has 1 aliphatic rings. The van der Waals surface area contributed by atoms with Gasteiger partial charge < -0.3 is 0 Å². The van der Waals surface area contributed by atoms with Gasteiger partial charge in [-0.2, -0.15) is 0 Å². The van der Waals surface area contributed by atoms with Crippen LogP contribution in [0.25, 0.3) is 0 Å². The van der Waals surface area contributed by atoms with E-state index in [1.54, 1.807) is 11.8 Å². The maximum Gasteiger partial charge on any atom is 0.134 e. The number of carbonyl (C=O) groups excluding carboxylic acids is 1. The molecule has 1 fully saturated rings. The van der Waals surface area contributed by atoms with E-state index in [1.807, 2.05) is 6.92 Å². The third-order valence-electron chi connectivity index (χ3n) is 2.56. The lowest BCUT2D eigenvalue weighted by atomic mass is 10.3. The maximum atomic E-state index is 11.1. The van der Waals surface area contributed by atoms with Gasteiger partial charge in [-0.05, 0) is 38.0 Å². The summed E-state index contributed by atoms with van der Waals surface area (Å²) in [7, 11) is 0. The number of aryl methyl sites for hydroxylation is 2. The van der Waals surface area contributed by atoms with Gasteiger partial charge in [0.15, 0.2) is 0 Å². The first kappa shape index (κ1) is 10.7. The second-order valence-corrected chi connectivity index (χ2v) is 5.47. The Kier molecular flexibility index (Phi) is 3.10. The summed E-state index contributed by atoms with van der Waals surface area (Å²) < 4.78 is 0. The molecule has 0 N–H and O–H groups in total. The summed E-state index contributed by atoms with van der Waals surface area (Å²) in [6.45, 7) is 4.09. The van der Waals surface area contributed by atoms with Crippen molar-refractivity contribution in [3.63, 3.8) is 0 Å². The summed E-state index contributed by atoms with van der Waals surface area (Å²) in [6.07, 6.45) is 2.49. The van der Waals surface area contributed by atoms with E-state index in [0.717, 1.165) is 30.0 Å². The Balaban J connectivity index is 2.07. The lowest BCUT2D eigenvalue weighted by molar-refractivity contribution is -0.117. The molecule has 0 aliphatic heterocycles. The van der Waals surface area contributed by atoms with E-state index in [-0.39, 0.29) is 0 Å². The first-order valence-corrected chi connectivity index (χ1v) is 6.15. The predicted octanol–water partition coefficient (Wildman–Crippen LogP) is 2.91. The maximum absolute atomic E-state index is 11.1. The lowest BCUT2D eigenvalue weighted by Gasteiger charge is -2.08. The molecule has 1 unspecified atom stereocenters. The summed E-state index contributed by atoms with van der Waals surface area (Å²) in [5.41, 5.74) is 2.30. The van der Waals surface area contributed by atoms with E-state index in [2.05, 4.69) is 24.0 Å². The van der Waals surface area contributed by atoms with Gasteiger partial charge >= 0.3 is 0 Å². The molecular weight excluding hydrogens is 206 g/mol. The van der Waals surface area contributed by atoms with Crippen LogP contribution in [0.2, 0.25) is 0 Å². The molecule has 1 aromatic rings. The van der Waals surface area contributed by atoms with E-state index >= 15 is 0 Å². The summed E-state index contributed by atoms with van der Waals surface area (Å²) >= 11 is 1.75. The van der Waals surface area contributed by atoms with Crippen molar-refractivity contribution in [2.75, 3.05) is 0 Å². The molecule has 0 spiro atoms. The van der Waals surface area contributed by atoms with Gasteiger partial charge in [-0.25, -0.2) is 4.98 Å². The van der Waals surface area contributed by atoms with Crippen LogP contribution in [0, 0.1) is 13.8 Å². The highest BCUT2D eigenvalue weighted by atomic mass is 32.2. The fraction of sp³-hybridized carbons (Fsp3) is 0.500. The van der Waals surface area contributed by atoms with E-state index in [0.29, 0.717) is 11.0 Å². The van der Waals surface area contributed by atoms with Gasteiger partial charge in [0.05, 0.1) is 5.03 Å². The highest BCUT2D eigenvalue weighted by Gasteiger charge is 2.23. The number of rotatable bonds is 2. The Bertz CT molecular complexity index is 369. The number of aromatic nitrogens is 1. The van der Waals surface area contributed by atoms with Crippen LogP contribution in [0.3, 0.4) is 0 Å². The number of thioether (sulfide) groups is 1. The minimum absolute atomic E-state index is 0.400. The topological polar surface area (TPSA) is 30.0 Å². The largest absolute Gasteiger partial charge is 0.300 e. The lowest BCUT2D eigenvalue weighted by Crippen LogP contribution is -1.98. The zero-order valence-corrected chi connectivity index (χ0v) is 9.93. The average Bonchev–Trinajstić information content (AvgIpc) is 2.49. The Labute approximate surface area is 94.5 Å². The van der Waals surface area contributed by atoms with Gasteiger partial charge in [0.25, 0.3) is 0 Å². The Morgan fingerprint density at radius 2 is 2.20 bits per heavy atom. The van der Waals surface area contributed by atoms with Crippen molar-refractivity contribution >= 4 is 17.5 Å². The summed E-state index contributed by atoms with van der Waals surface area (Å²) in [6, 6.07) is 4.17. The van der Waals surface area contributed by atoms with Crippen molar-refractivity contribution in [2.24, 2.45) is 0 Å². The Morgan fingerprint density at radius 3 is 2.80 bits per heavy atom. The molecule has 1 heterocycles. The first-order chi connectivity index (χ1) is 7.13. The predicted molar refractivity (Wildman–Crippen MR) is 62.2 cm³/mol. The highest BCUT2D eigenvalue weighted by molar-refractivity contribution is 7.99. The third kappa shape index (κ3) is 2.81. The fourth-order valence-corrected chi connectivity index (χ4v) is 3.21. The molecule has 2 rings (SSSR count). The molecule has 0 bridgehead atoms. The smallest absolute Gasteiger partial charge is 0.134 e. The average molecular weight is 221 g/mol. The number of hydrogen-bond donors (Lipinski definition) is 0. The van der Waals surface area contributed by atoms with Crippen molar-refractivity contribution in [3.05, 3.63) is 23.4 Å². The van der Waals surface area contributed by atoms with Crippen molar-refractivity contribution in [2.45, 2.75) is 43.4 Å². The molecule has 0 aromatic carbocycles. The van der Waals surface area contributed by atoms with E-state index in [1.165, 1.54) is 5.56 Å². The molecule has 1 aromatic heterocycles. The second-order valence-electron chi connectivity index (χ2n) is 4.15. The van der Waals surface area contributed by atoms with Crippen molar-refractivity contribution in [1.82, 2.24) is 4.98 Å². The van der Waals surface area contributed by atoms with Gasteiger partial charge in [0.2, 0.25) is 0 Å². The summed E-state index contributed by atoms with van der Waals surface area (Å²) in [5.74, 6) is 0.400. The van der Waals surface area contributed by atoms with Crippen LogP contribution in [0.4, 0.5) is 0 Å². The van der Waals surface area contributed by atoms with Crippen molar-refractivity contribution < 1.29 is 4.79 Å². The minimum atomic E-state index is 0.400. The zero-order valence-electron chi connectivity index (χ0n) is 9.12. The van der Waals surface area contributed by atoms with E-state index in [4.69, 9.17) is 0 Å². The van der Waals surface area contributed by atoms with Gasteiger partial charge in [-0.1, -0.05) is 0 Å². The minimum Gasteiger partial charge on any atom is -0.300 e. The Morgan fingerprint density at radius 1 is 1.40 bits per heavy atom. The van der Waals surface area contributed by atoms with Crippen LogP contribution in [0.1, 0.15) is 30.5 Å². The van der Waals surface area contributed by atoms with Gasteiger partial charge in [-0.15, -0.1) is 11.8 Å². The molecule has 1 atom stereocenters. The van der Waals surface area contributed by atoms with Crippen LogP contribution in [0.5, 0.6) is 0 Å². The third-order valence-corrected chi connectivity index (χ3v) is 3.75. The Hall–Kier alpha value is -0.830. The first-order valence-electron chi connectivity index (χ1n) is 5.27. The van der Waals surface area contributed by atoms with Crippen LogP contribution in [-0.4, -0.2) is 16.0 Å². The van der Waals surface area contributed by atoms with Gasteiger partial charge in [-0.3, -0.25) is 4.79 Å². The summed E-state index contributed by atoms with van der Waals surface area (Å²) in [4.78, 5) is 15.6. The molecule has 0 amide bonds. The van der Waals surface area contributed by atoms with Crippen molar-refractivity contribution in [3.8, 4) is 0 Å². The molecule has 3 heteroatoms. The van der Waals surface area contributed by atoms with Crippen LogP contribution < -0.4 is 0 Å². The van der Waals surface area contributed by atoms with Crippen LogP contribution in [0.15, 0.2) is 17.2 Å². The number of ketones is 1. The van der Waals surface area contributed by atoms with E-state index in [9.17, 15) is 4.79 Å². The van der Waals surface area contributed by atoms with Gasteiger partial charge in [0.1, 0.15) is 5.78 Å². The number of carbonyl (C=O) groups is 1. The molecule has 1 saturated carbocycles. The quantitative estimate of drug-likeness (QED) is 0.769. The molecule has 2 nitrogen and oxygen atoms in total. The highest BCUT2D eigenvalue weighted by Crippen LogP contribution is 2.32. The molecular formula is C12H15NOS. The molecule has 15 heavy (non-hydrogen) atoms. The molecule has 80 valence electrons. The normalized spacial score (nSPS) is 20.9. The molecule has 0 saturated heterocycles. The van der Waals surface area contributed by atoms with Crippen molar-refractivity contribution in [1.29, 1.82) is 0 Å². The number of pyridine rings is 1. The summed E-state index contributed by atoms with van der Waals surface area (Å²) in [5, 5.41) is 1.51. The second kappa shape index (κ2) is 4.35. The monoisotopic (exact) mass is 221 g/mol. The van der Waals surface area contributed by atoms with Gasteiger partial charge in [0, 0.05) is 23.8 Å². The molecule has 0 radical (unpaired) electrons. The zero-order chi connectivity index (χ0) is 10.8. The number of hydrogen-bond acceptors (Lipinski definition) is 3. The molecule has 1 aliphatic carbocycles. The SMILES string of the molecule is Cc1cc(C)nc(SC2CCC(=O)C2)c1. The van der Waals surface area contributed by atoms with E-state index < -0.39 is 0 Å². The van der Waals surface area contributed by atoms with Crippen LogP contribution >= 0.6 is 11.8 Å². The van der Waals surface area contributed by atoms with Crippen LogP contribution in [-0.2, 0) is 4.79 Å². The fourth-order valence-electron chi connectivity index (χ4n) is 1.92.